The van der Waals surface area contributed by atoms with Crippen molar-refractivity contribution in [3.8, 4) is 0 Å². The van der Waals surface area contributed by atoms with Crippen LogP contribution in [0.2, 0.25) is 0 Å². The lowest BCUT2D eigenvalue weighted by Gasteiger charge is -2.28. The predicted octanol–water partition coefficient (Wildman–Crippen LogP) is 1.95. The molecule has 0 unspecified atom stereocenters. The van der Waals surface area contributed by atoms with Crippen LogP contribution in [0.5, 0.6) is 0 Å². The molecule has 0 spiro atoms. The van der Waals surface area contributed by atoms with E-state index in [0.29, 0.717) is 18.4 Å². The van der Waals surface area contributed by atoms with Gasteiger partial charge in [0.1, 0.15) is 0 Å². The molecule has 0 amide bonds. The molecular weight excluding hydrogens is 202 g/mol. The zero-order chi connectivity index (χ0) is 12.3. The minimum absolute atomic E-state index is 0.0374. The number of rotatable bonds is 2. The summed E-state index contributed by atoms with van der Waals surface area (Å²) in [6.45, 7) is 3.91. The molecule has 0 saturated heterocycles. The van der Waals surface area contributed by atoms with Crippen molar-refractivity contribution in [2.45, 2.75) is 26.7 Å². The molecule has 0 aromatic carbocycles. The second-order valence-electron chi connectivity index (χ2n) is 5.25. The first-order valence-corrected chi connectivity index (χ1v) is 5.43. The Balaban J connectivity index is 2.83. The Bertz CT molecular complexity index is 340. The van der Waals surface area contributed by atoms with Crippen LogP contribution in [0.25, 0.3) is 0 Å². The summed E-state index contributed by atoms with van der Waals surface area (Å²) >= 11 is 0. The minimum atomic E-state index is -0.184. The van der Waals surface area contributed by atoms with Crippen LogP contribution in [-0.4, -0.2) is 30.6 Å². The van der Waals surface area contributed by atoms with E-state index in [9.17, 15) is 9.59 Å². The third-order valence-electron chi connectivity index (χ3n) is 2.53. The lowest BCUT2D eigenvalue weighted by Crippen LogP contribution is -2.31. The lowest BCUT2D eigenvalue weighted by atomic mass is 9.74. The van der Waals surface area contributed by atoms with E-state index in [1.54, 1.807) is 12.2 Å². The number of hydrogen-bond donors (Lipinski definition) is 0. The molecule has 1 saturated carbocycles. The molecule has 3 heteroatoms. The van der Waals surface area contributed by atoms with Gasteiger partial charge in [-0.25, -0.2) is 0 Å². The average Bonchev–Trinajstić information content (AvgIpc) is 2.07. The standard InChI is InChI=1S/C13H19NO2/c1-13(2)8-11(15)10(12(16)9-13)6-5-7-14(3)4/h5-7H,8-9H2,1-4H3. The molecule has 88 valence electrons. The SMILES string of the molecule is CN(C)C=CC=C1C(=O)CC(C)(C)CC1=O. The Labute approximate surface area is 96.8 Å². The van der Waals surface area contributed by atoms with E-state index < -0.39 is 0 Å². The third-order valence-corrected chi connectivity index (χ3v) is 2.53. The summed E-state index contributed by atoms with van der Waals surface area (Å²) in [5, 5.41) is 0. The zero-order valence-electron chi connectivity index (χ0n) is 10.4. The average molecular weight is 221 g/mol. The molecule has 0 heterocycles. The number of carbonyl (C=O) groups excluding carboxylic acids is 2. The van der Waals surface area contributed by atoms with Gasteiger partial charge >= 0.3 is 0 Å². The van der Waals surface area contributed by atoms with Crippen LogP contribution in [0.15, 0.2) is 23.9 Å². The summed E-state index contributed by atoms with van der Waals surface area (Å²) in [7, 11) is 3.78. The molecule has 0 aliphatic heterocycles. The van der Waals surface area contributed by atoms with Gasteiger partial charge < -0.3 is 4.90 Å². The number of allylic oxidation sites excluding steroid dienone is 3. The first-order chi connectivity index (χ1) is 7.32. The Morgan fingerprint density at radius 1 is 1.12 bits per heavy atom. The van der Waals surface area contributed by atoms with Gasteiger partial charge in [-0.15, -0.1) is 0 Å². The van der Waals surface area contributed by atoms with E-state index in [2.05, 4.69) is 0 Å². The highest BCUT2D eigenvalue weighted by Crippen LogP contribution is 2.33. The highest BCUT2D eigenvalue weighted by atomic mass is 16.1. The smallest absolute Gasteiger partial charge is 0.166 e. The van der Waals surface area contributed by atoms with Crippen molar-refractivity contribution in [2.75, 3.05) is 14.1 Å². The molecule has 1 aliphatic carbocycles. The maximum Gasteiger partial charge on any atom is 0.166 e. The highest BCUT2D eigenvalue weighted by Gasteiger charge is 2.34. The lowest BCUT2D eigenvalue weighted by molar-refractivity contribution is -0.127. The molecule has 0 aromatic rings. The van der Waals surface area contributed by atoms with Crippen LogP contribution >= 0.6 is 0 Å². The Morgan fingerprint density at radius 2 is 1.62 bits per heavy atom. The van der Waals surface area contributed by atoms with Gasteiger partial charge in [-0.3, -0.25) is 9.59 Å². The topological polar surface area (TPSA) is 37.4 Å². The van der Waals surface area contributed by atoms with Gasteiger partial charge in [-0.2, -0.15) is 0 Å². The minimum Gasteiger partial charge on any atom is -0.383 e. The first kappa shape index (κ1) is 12.7. The number of Topliss-reactive ketones (excluding diaryl/α,β-unsaturated/α-hetero) is 2. The summed E-state index contributed by atoms with van der Waals surface area (Å²) in [6, 6.07) is 0. The molecule has 0 radical (unpaired) electrons. The summed E-state index contributed by atoms with van der Waals surface area (Å²) in [5.74, 6) is -0.0747. The van der Waals surface area contributed by atoms with Gasteiger partial charge in [0.25, 0.3) is 0 Å². The van der Waals surface area contributed by atoms with E-state index in [-0.39, 0.29) is 17.0 Å². The molecule has 0 bridgehead atoms. The summed E-state index contributed by atoms with van der Waals surface area (Å²) in [4.78, 5) is 25.4. The van der Waals surface area contributed by atoms with Gasteiger partial charge in [0.15, 0.2) is 11.6 Å². The Kier molecular flexibility index (Phi) is 3.68. The van der Waals surface area contributed by atoms with Crippen LogP contribution < -0.4 is 0 Å². The van der Waals surface area contributed by atoms with Crippen molar-refractivity contribution >= 4 is 11.6 Å². The molecule has 0 N–H and O–H groups in total. The van der Waals surface area contributed by atoms with Gasteiger partial charge in [0.2, 0.25) is 0 Å². The van der Waals surface area contributed by atoms with Crippen molar-refractivity contribution in [1.82, 2.24) is 4.90 Å². The van der Waals surface area contributed by atoms with Gasteiger partial charge in [0, 0.05) is 26.9 Å². The van der Waals surface area contributed by atoms with Gasteiger partial charge in [-0.05, 0) is 23.8 Å². The summed E-state index contributed by atoms with van der Waals surface area (Å²) in [5.41, 5.74) is 0.161. The summed E-state index contributed by atoms with van der Waals surface area (Å²) < 4.78 is 0. The fourth-order valence-electron chi connectivity index (χ4n) is 1.78. The van der Waals surface area contributed by atoms with Crippen molar-refractivity contribution in [3.63, 3.8) is 0 Å². The van der Waals surface area contributed by atoms with Crippen molar-refractivity contribution in [1.29, 1.82) is 0 Å². The fraction of sp³-hybridized carbons (Fsp3) is 0.538. The van der Waals surface area contributed by atoms with Crippen LogP contribution in [-0.2, 0) is 9.59 Å². The molecule has 3 nitrogen and oxygen atoms in total. The zero-order valence-corrected chi connectivity index (χ0v) is 10.4. The quantitative estimate of drug-likeness (QED) is 0.528. The van der Waals surface area contributed by atoms with E-state index >= 15 is 0 Å². The number of nitrogens with zero attached hydrogens (tertiary/aromatic N) is 1. The van der Waals surface area contributed by atoms with Crippen molar-refractivity contribution < 1.29 is 9.59 Å². The van der Waals surface area contributed by atoms with Crippen LogP contribution in [0.1, 0.15) is 26.7 Å². The molecule has 1 aliphatic rings. The maximum absolute atomic E-state index is 11.8. The molecule has 1 fully saturated rings. The van der Waals surface area contributed by atoms with Crippen LogP contribution in [0, 0.1) is 5.41 Å². The monoisotopic (exact) mass is 221 g/mol. The van der Waals surface area contributed by atoms with Crippen LogP contribution in [0.4, 0.5) is 0 Å². The van der Waals surface area contributed by atoms with E-state index in [4.69, 9.17) is 0 Å². The molecule has 0 atom stereocenters. The second kappa shape index (κ2) is 4.64. The second-order valence-corrected chi connectivity index (χ2v) is 5.25. The molecule has 0 aromatic heterocycles. The third kappa shape index (κ3) is 3.33. The largest absolute Gasteiger partial charge is 0.383 e. The normalized spacial score (nSPS) is 20.4. The van der Waals surface area contributed by atoms with Crippen molar-refractivity contribution in [2.24, 2.45) is 5.41 Å². The maximum atomic E-state index is 11.8. The van der Waals surface area contributed by atoms with Gasteiger partial charge in [0.05, 0.1) is 5.57 Å². The van der Waals surface area contributed by atoms with Crippen molar-refractivity contribution in [3.05, 3.63) is 23.9 Å². The Morgan fingerprint density at radius 3 is 2.06 bits per heavy atom. The summed E-state index contributed by atoms with van der Waals surface area (Å²) in [6.07, 6.45) is 6.09. The Hall–Kier alpha value is -1.38. The first-order valence-electron chi connectivity index (χ1n) is 5.43. The van der Waals surface area contributed by atoms with E-state index in [0.717, 1.165) is 0 Å². The van der Waals surface area contributed by atoms with Gasteiger partial charge in [-0.1, -0.05) is 13.8 Å². The molecular formula is C13H19NO2. The number of carbonyl (C=O) groups is 2. The van der Waals surface area contributed by atoms with E-state index in [1.807, 2.05) is 39.0 Å². The highest BCUT2D eigenvalue weighted by molar-refractivity contribution is 6.22. The fourth-order valence-corrected chi connectivity index (χ4v) is 1.78. The number of ketones is 2. The number of hydrogen-bond acceptors (Lipinski definition) is 3. The predicted molar refractivity (Wildman–Crippen MR) is 63.9 cm³/mol. The van der Waals surface area contributed by atoms with Crippen LogP contribution in [0.3, 0.4) is 0 Å². The molecule has 16 heavy (non-hydrogen) atoms. The van der Waals surface area contributed by atoms with E-state index in [1.165, 1.54) is 0 Å². The molecule has 1 rings (SSSR count).